The Kier molecular flexibility index (Phi) is 9.87. The van der Waals surface area contributed by atoms with E-state index in [9.17, 15) is 4.79 Å². The summed E-state index contributed by atoms with van der Waals surface area (Å²) in [5, 5.41) is 0. The van der Waals surface area contributed by atoms with Crippen molar-refractivity contribution in [3.8, 4) is 11.5 Å². The number of imidazole rings is 1. The lowest BCUT2D eigenvalue weighted by Gasteiger charge is -2.33. The molecule has 2 aliphatic heterocycles. The van der Waals surface area contributed by atoms with Crippen molar-refractivity contribution in [2.45, 2.75) is 52.0 Å². The van der Waals surface area contributed by atoms with Gasteiger partial charge in [0.15, 0.2) is 11.5 Å². The van der Waals surface area contributed by atoms with Crippen LogP contribution in [0.3, 0.4) is 0 Å². The van der Waals surface area contributed by atoms with Gasteiger partial charge in [-0.15, -0.1) is 0 Å². The molecule has 0 radical (unpaired) electrons. The Labute approximate surface area is 279 Å². The fourth-order valence-corrected chi connectivity index (χ4v) is 7.41. The summed E-state index contributed by atoms with van der Waals surface area (Å²) < 4.78 is 13.5. The molecule has 2 saturated heterocycles. The zero-order chi connectivity index (χ0) is 33.0. The maximum atomic E-state index is 13.9. The highest BCUT2D eigenvalue weighted by molar-refractivity contribution is 5.95. The summed E-state index contributed by atoms with van der Waals surface area (Å²) in [6.07, 6.45) is 5.33. The molecule has 0 saturated carbocycles. The van der Waals surface area contributed by atoms with Crippen LogP contribution >= 0.6 is 0 Å². The van der Waals surface area contributed by atoms with E-state index in [4.69, 9.17) is 14.5 Å². The van der Waals surface area contributed by atoms with E-state index >= 15 is 0 Å². The highest BCUT2D eigenvalue weighted by Crippen LogP contribution is 2.40. The molecule has 2 fully saturated rings. The Bertz CT molecular complexity index is 1730. The molecule has 1 aromatic heterocycles. The Morgan fingerprint density at radius 2 is 1.72 bits per heavy atom. The monoisotopic (exact) mass is 635 g/mol. The number of hydrogen-bond donors (Lipinski definition) is 0. The lowest BCUT2D eigenvalue weighted by molar-refractivity contribution is 0.0780. The summed E-state index contributed by atoms with van der Waals surface area (Å²) in [7, 11) is 3.25. The van der Waals surface area contributed by atoms with Crippen LogP contribution in [0.15, 0.2) is 78.4 Å². The summed E-state index contributed by atoms with van der Waals surface area (Å²) in [5.41, 5.74) is 6.33. The van der Waals surface area contributed by atoms with Gasteiger partial charge in [-0.3, -0.25) is 4.79 Å². The summed E-state index contributed by atoms with van der Waals surface area (Å²) >= 11 is 0. The number of aryl methyl sites for hydroxylation is 1. The molecule has 1 unspecified atom stereocenters. The number of rotatable bonds is 10. The molecule has 6 rings (SSSR count). The van der Waals surface area contributed by atoms with E-state index in [2.05, 4.69) is 88.9 Å². The average Bonchev–Trinajstić information content (AvgIpc) is 3.61. The molecule has 0 aliphatic carbocycles. The molecule has 1 amide bonds. The Balaban J connectivity index is 1.17. The smallest absolute Gasteiger partial charge is 0.254 e. The molecule has 0 bridgehead atoms. The van der Waals surface area contributed by atoms with Crippen molar-refractivity contribution in [3.05, 3.63) is 95.1 Å². The molecule has 3 aromatic carbocycles. The number of carbonyl (C=O) groups is 1. The predicted octanol–water partition coefficient (Wildman–Crippen LogP) is 6.71. The molecular weight excluding hydrogens is 586 g/mol. The number of para-hydroxylation sites is 2. The fourth-order valence-electron chi connectivity index (χ4n) is 7.41. The van der Waals surface area contributed by atoms with Crippen molar-refractivity contribution in [1.29, 1.82) is 0 Å². The van der Waals surface area contributed by atoms with Crippen molar-refractivity contribution < 1.29 is 14.3 Å². The van der Waals surface area contributed by atoms with Crippen LogP contribution < -0.4 is 14.4 Å². The van der Waals surface area contributed by atoms with Crippen molar-refractivity contribution >= 4 is 22.9 Å². The average molecular weight is 636 g/mol. The third-order valence-corrected chi connectivity index (χ3v) is 10.0. The van der Waals surface area contributed by atoms with Crippen molar-refractivity contribution in [1.82, 2.24) is 19.4 Å². The molecule has 0 N–H and O–H groups in total. The zero-order valence-corrected chi connectivity index (χ0v) is 28.7. The first-order chi connectivity index (χ1) is 22.8. The van der Waals surface area contributed by atoms with Crippen LogP contribution in [0.4, 0.5) is 5.95 Å². The Morgan fingerprint density at radius 1 is 0.936 bits per heavy atom. The molecule has 8 nitrogen and oxygen atoms in total. The SMILES string of the molecule is COc1cc(C(=O)N2CCC(CCN3CCCN(c4nc5ccccc5n4CC=C(C)C)CC3)(c3ccccc3)C2)cc(C)c1OC. The quantitative estimate of drug-likeness (QED) is 0.181. The number of aromatic nitrogens is 2. The lowest BCUT2D eigenvalue weighted by Crippen LogP contribution is -2.39. The van der Waals surface area contributed by atoms with Gasteiger partial charge in [-0.2, -0.15) is 0 Å². The maximum absolute atomic E-state index is 13.9. The molecule has 3 heterocycles. The summed E-state index contributed by atoms with van der Waals surface area (Å²) in [4.78, 5) is 26.1. The standard InChI is InChI=1S/C39H49N5O3/c1-29(2)16-21-44-34-15-10-9-14-33(34)40-38(44)42-20-11-19-41(24-25-42)22-17-39(32-12-7-6-8-13-32)18-23-43(28-39)37(45)31-26-30(3)36(47-5)35(27-31)46-4/h6-10,12-16,26-27H,11,17-25,28H2,1-5H3. The molecule has 2 aliphatic rings. The number of amides is 1. The molecule has 8 heteroatoms. The van der Waals surface area contributed by atoms with E-state index in [1.807, 2.05) is 24.0 Å². The minimum atomic E-state index is -0.0904. The second-order valence-electron chi connectivity index (χ2n) is 13.4. The number of methoxy groups -OCH3 is 2. The number of likely N-dealkylation sites (tertiary alicyclic amines) is 1. The van der Waals surface area contributed by atoms with Crippen LogP contribution in [-0.2, 0) is 12.0 Å². The summed E-state index contributed by atoms with van der Waals surface area (Å²) in [6.45, 7) is 13.5. The minimum Gasteiger partial charge on any atom is -0.493 e. The van der Waals surface area contributed by atoms with Crippen LogP contribution in [0, 0.1) is 6.92 Å². The number of nitrogens with zero attached hydrogens (tertiary/aromatic N) is 5. The zero-order valence-electron chi connectivity index (χ0n) is 28.7. The third-order valence-electron chi connectivity index (χ3n) is 10.0. The van der Waals surface area contributed by atoms with Gasteiger partial charge < -0.3 is 28.7 Å². The number of anilines is 1. The largest absolute Gasteiger partial charge is 0.493 e. The number of hydrogen-bond acceptors (Lipinski definition) is 6. The van der Waals surface area contributed by atoms with E-state index in [0.29, 0.717) is 23.6 Å². The van der Waals surface area contributed by atoms with Crippen LogP contribution in [-0.4, -0.2) is 85.3 Å². The molecule has 248 valence electrons. The maximum Gasteiger partial charge on any atom is 0.254 e. The van der Waals surface area contributed by atoms with Crippen molar-refractivity contribution in [2.24, 2.45) is 0 Å². The second-order valence-corrected chi connectivity index (χ2v) is 13.4. The Morgan fingerprint density at radius 3 is 2.49 bits per heavy atom. The third kappa shape index (κ3) is 6.89. The minimum absolute atomic E-state index is 0.0493. The van der Waals surface area contributed by atoms with Crippen LogP contribution in [0.25, 0.3) is 11.0 Å². The highest BCUT2D eigenvalue weighted by Gasteiger charge is 2.41. The van der Waals surface area contributed by atoms with E-state index in [1.165, 1.54) is 16.7 Å². The van der Waals surface area contributed by atoms with Gasteiger partial charge in [0.05, 0.1) is 25.3 Å². The normalized spacial score (nSPS) is 18.7. The first-order valence-electron chi connectivity index (χ1n) is 17.0. The highest BCUT2D eigenvalue weighted by atomic mass is 16.5. The molecule has 1 atom stereocenters. The number of benzene rings is 3. The van der Waals surface area contributed by atoms with Crippen molar-refractivity contribution in [3.63, 3.8) is 0 Å². The molecular formula is C39H49N5O3. The van der Waals surface area contributed by atoms with Gasteiger partial charge in [0.1, 0.15) is 0 Å². The van der Waals surface area contributed by atoms with Crippen LogP contribution in [0.5, 0.6) is 11.5 Å². The molecule has 4 aromatic rings. The van der Waals surface area contributed by atoms with E-state index < -0.39 is 0 Å². The van der Waals surface area contributed by atoms with Gasteiger partial charge in [0.25, 0.3) is 5.91 Å². The topological polar surface area (TPSA) is 63.1 Å². The van der Waals surface area contributed by atoms with Gasteiger partial charge in [-0.25, -0.2) is 4.98 Å². The summed E-state index contributed by atoms with van der Waals surface area (Å²) in [5.74, 6) is 2.38. The van der Waals surface area contributed by atoms with Crippen LogP contribution in [0.1, 0.15) is 54.6 Å². The molecule has 47 heavy (non-hydrogen) atoms. The predicted molar refractivity (Wildman–Crippen MR) is 190 cm³/mol. The second kappa shape index (κ2) is 14.2. The van der Waals surface area contributed by atoms with Gasteiger partial charge in [-0.05, 0) is 88.5 Å². The number of allylic oxidation sites excluding steroid dienone is 2. The fraction of sp³-hybridized carbons (Fsp3) is 0.436. The van der Waals surface area contributed by atoms with Gasteiger partial charge in [0.2, 0.25) is 5.95 Å². The number of ether oxygens (including phenoxy) is 2. The number of fused-ring (bicyclic) bond motifs is 1. The molecule has 0 spiro atoms. The van der Waals surface area contributed by atoms with E-state index in [1.54, 1.807) is 14.2 Å². The lowest BCUT2D eigenvalue weighted by atomic mass is 9.76. The van der Waals surface area contributed by atoms with Crippen LogP contribution in [0.2, 0.25) is 0 Å². The first kappa shape index (κ1) is 32.6. The summed E-state index contributed by atoms with van der Waals surface area (Å²) in [6, 6.07) is 23.0. The Hall–Kier alpha value is -4.30. The van der Waals surface area contributed by atoms with E-state index in [-0.39, 0.29) is 11.3 Å². The first-order valence-corrected chi connectivity index (χ1v) is 17.0. The van der Waals surface area contributed by atoms with E-state index in [0.717, 1.165) is 82.1 Å². The number of carbonyl (C=O) groups excluding carboxylic acids is 1. The van der Waals surface area contributed by atoms with Gasteiger partial charge in [0, 0.05) is 50.2 Å². The van der Waals surface area contributed by atoms with Crippen molar-refractivity contribution in [2.75, 3.05) is 64.9 Å². The van der Waals surface area contributed by atoms with Gasteiger partial charge in [-0.1, -0.05) is 54.1 Å². The van der Waals surface area contributed by atoms with Gasteiger partial charge >= 0.3 is 0 Å².